The van der Waals surface area contributed by atoms with Gasteiger partial charge in [0.1, 0.15) is 5.75 Å². The van der Waals surface area contributed by atoms with Crippen molar-refractivity contribution in [1.82, 2.24) is 8.52 Å². The molecule has 0 aliphatic rings. The van der Waals surface area contributed by atoms with Crippen LogP contribution in [0.2, 0.25) is 5.02 Å². The Morgan fingerprint density at radius 1 is 1.40 bits per heavy atom. The Kier molecular flexibility index (Phi) is 4.64. The summed E-state index contributed by atoms with van der Waals surface area (Å²) in [5, 5.41) is 0.375. The average molecular weight is 316 g/mol. The minimum atomic E-state index is -0.430. The molecule has 0 aliphatic heterocycles. The third kappa shape index (κ3) is 2.95. The van der Waals surface area contributed by atoms with Crippen LogP contribution in [0.5, 0.6) is 5.75 Å². The third-order valence-corrected chi connectivity index (χ3v) is 3.94. The molecule has 1 aromatic heterocycles. The molecule has 6 nitrogen and oxygen atoms in total. The van der Waals surface area contributed by atoms with E-state index in [1.54, 1.807) is 18.2 Å². The van der Waals surface area contributed by atoms with Crippen molar-refractivity contribution >= 4 is 23.1 Å². The molecule has 0 spiro atoms. The van der Waals surface area contributed by atoms with Crippen molar-refractivity contribution in [3.63, 3.8) is 0 Å². The number of benzene rings is 1. The predicted molar refractivity (Wildman–Crippen MR) is 79.3 cm³/mol. The lowest BCUT2D eigenvalue weighted by Crippen LogP contribution is -2.25. The van der Waals surface area contributed by atoms with E-state index < -0.39 is 5.69 Å². The molecule has 0 bridgehead atoms. The van der Waals surface area contributed by atoms with Crippen LogP contribution in [0.4, 0.5) is 0 Å². The Bertz CT molecular complexity index is 719. The fraction of sp³-hybridized carbons (Fsp3) is 0.333. The maximum atomic E-state index is 11.9. The van der Waals surface area contributed by atoms with E-state index in [0.717, 1.165) is 22.5 Å². The van der Waals surface area contributed by atoms with E-state index in [1.165, 1.54) is 11.0 Å². The van der Waals surface area contributed by atoms with Gasteiger partial charge >= 0.3 is 10.6 Å². The van der Waals surface area contributed by atoms with Crippen molar-refractivity contribution < 1.29 is 4.74 Å². The minimum absolute atomic E-state index is 0.347. The second-order valence-electron chi connectivity index (χ2n) is 4.10. The lowest BCUT2D eigenvalue weighted by molar-refractivity contribution is 0.313. The van der Waals surface area contributed by atoms with Crippen LogP contribution < -0.4 is 21.0 Å². The number of hydrogen-bond acceptors (Lipinski definition) is 5. The third-order valence-electron chi connectivity index (χ3n) is 2.66. The van der Waals surface area contributed by atoms with Crippen LogP contribution in [-0.2, 0) is 7.05 Å². The van der Waals surface area contributed by atoms with Crippen LogP contribution in [0.15, 0.2) is 27.8 Å². The lowest BCUT2D eigenvalue weighted by Gasteiger charge is -2.08. The van der Waals surface area contributed by atoms with Gasteiger partial charge in [0, 0.05) is 24.6 Å². The van der Waals surface area contributed by atoms with E-state index in [1.807, 2.05) is 0 Å². The lowest BCUT2D eigenvalue weighted by atomic mass is 10.3. The van der Waals surface area contributed by atoms with E-state index in [0.29, 0.717) is 29.6 Å². The van der Waals surface area contributed by atoms with Crippen molar-refractivity contribution in [2.45, 2.75) is 6.42 Å². The van der Waals surface area contributed by atoms with E-state index in [4.69, 9.17) is 22.1 Å². The highest BCUT2D eigenvalue weighted by Gasteiger charge is 2.12. The molecule has 0 amide bonds. The Balaban J connectivity index is 2.40. The Hall–Kier alpha value is -1.57. The van der Waals surface area contributed by atoms with Gasteiger partial charge in [-0.3, -0.25) is 9.36 Å². The van der Waals surface area contributed by atoms with Crippen molar-refractivity contribution in [2.75, 3.05) is 13.2 Å². The number of rotatable bonds is 5. The van der Waals surface area contributed by atoms with Crippen LogP contribution in [0.1, 0.15) is 6.42 Å². The van der Waals surface area contributed by atoms with Crippen LogP contribution in [-0.4, -0.2) is 21.7 Å². The second-order valence-corrected chi connectivity index (χ2v) is 5.40. The number of nitrogens with zero attached hydrogens (tertiary/aromatic N) is 2. The normalized spacial score (nSPS) is 10.8. The van der Waals surface area contributed by atoms with Crippen molar-refractivity contribution in [3.8, 4) is 11.4 Å². The first-order chi connectivity index (χ1) is 9.54. The van der Waals surface area contributed by atoms with Gasteiger partial charge in [0.25, 0.3) is 0 Å². The van der Waals surface area contributed by atoms with Crippen molar-refractivity contribution in [2.24, 2.45) is 12.8 Å². The van der Waals surface area contributed by atoms with E-state index in [-0.39, 0.29) is 4.87 Å². The number of halogens is 1. The molecule has 8 heteroatoms. The zero-order valence-electron chi connectivity index (χ0n) is 10.8. The van der Waals surface area contributed by atoms with Gasteiger partial charge in [-0.15, -0.1) is 0 Å². The summed E-state index contributed by atoms with van der Waals surface area (Å²) in [5.74, 6) is 0.577. The number of nitrogens with two attached hydrogens (primary N) is 1. The Morgan fingerprint density at radius 2 is 2.15 bits per heavy atom. The molecule has 1 aromatic carbocycles. The number of hydrogen-bond donors (Lipinski definition) is 1. The Labute approximate surface area is 124 Å². The molecule has 0 saturated heterocycles. The molecule has 0 unspecified atom stereocenters. The fourth-order valence-corrected chi connectivity index (χ4v) is 2.62. The molecular weight excluding hydrogens is 302 g/mol. The van der Waals surface area contributed by atoms with Crippen molar-refractivity contribution in [1.29, 1.82) is 0 Å². The quantitative estimate of drug-likeness (QED) is 0.834. The highest BCUT2D eigenvalue weighted by Crippen LogP contribution is 2.25. The fourth-order valence-electron chi connectivity index (χ4n) is 1.56. The van der Waals surface area contributed by atoms with Gasteiger partial charge in [-0.2, -0.15) is 0 Å². The highest BCUT2D eigenvalue weighted by atomic mass is 35.5. The molecule has 2 N–H and O–H groups in total. The van der Waals surface area contributed by atoms with Crippen LogP contribution in [0, 0.1) is 0 Å². The van der Waals surface area contributed by atoms with E-state index in [2.05, 4.69) is 0 Å². The van der Waals surface area contributed by atoms with Gasteiger partial charge in [0.2, 0.25) is 0 Å². The zero-order chi connectivity index (χ0) is 14.7. The summed E-state index contributed by atoms with van der Waals surface area (Å²) < 4.78 is 7.79. The SMILES string of the molecule is Cn1c(=O)sn(-c2cc(OCCCN)ccc2Cl)c1=O. The van der Waals surface area contributed by atoms with Gasteiger partial charge in [0.05, 0.1) is 17.3 Å². The molecule has 0 aliphatic carbocycles. The topological polar surface area (TPSA) is 79.2 Å². The Morgan fingerprint density at radius 3 is 2.75 bits per heavy atom. The van der Waals surface area contributed by atoms with Crippen LogP contribution in [0.25, 0.3) is 5.69 Å². The standard InChI is InChI=1S/C12H14ClN3O3S/c1-15-11(17)16(20-12(15)18)10-7-8(3-4-9(10)13)19-6-2-5-14/h3-4,7H,2,5-6,14H2,1H3. The summed E-state index contributed by atoms with van der Waals surface area (Å²) in [7, 11) is 1.42. The van der Waals surface area contributed by atoms with Crippen molar-refractivity contribution in [3.05, 3.63) is 43.4 Å². The maximum Gasteiger partial charge on any atom is 0.345 e. The maximum absolute atomic E-state index is 11.9. The van der Waals surface area contributed by atoms with Gasteiger partial charge in [0.15, 0.2) is 0 Å². The molecule has 20 heavy (non-hydrogen) atoms. The second kappa shape index (κ2) is 6.25. The molecule has 2 rings (SSSR count). The molecular formula is C12H14ClN3O3S. The summed E-state index contributed by atoms with van der Waals surface area (Å²) >= 11 is 6.88. The molecule has 1 heterocycles. The first kappa shape index (κ1) is 14.8. The predicted octanol–water partition coefficient (Wildman–Crippen LogP) is 0.979. The highest BCUT2D eigenvalue weighted by molar-refractivity contribution is 7.03. The molecule has 108 valence electrons. The van der Waals surface area contributed by atoms with E-state index in [9.17, 15) is 9.59 Å². The minimum Gasteiger partial charge on any atom is -0.493 e. The number of aromatic nitrogens is 2. The molecule has 0 fully saturated rings. The van der Waals surface area contributed by atoms with Gasteiger partial charge in [-0.1, -0.05) is 11.6 Å². The first-order valence-electron chi connectivity index (χ1n) is 5.96. The molecule has 2 aromatic rings. The van der Waals surface area contributed by atoms with Gasteiger partial charge in [-0.05, 0) is 25.1 Å². The average Bonchev–Trinajstić information content (AvgIpc) is 2.69. The van der Waals surface area contributed by atoms with Crippen LogP contribution in [0.3, 0.4) is 0 Å². The molecule has 0 radical (unpaired) electrons. The van der Waals surface area contributed by atoms with E-state index >= 15 is 0 Å². The summed E-state index contributed by atoms with van der Waals surface area (Å²) in [6.45, 7) is 1.03. The number of ether oxygens (including phenoxy) is 1. The van der Waals surface area contributed by atoms with Crippen LogP contribution >= 0.6 is 23.1 Å². The zero-order valence-corrected chi connectivity index (χ0v) is 12.4. The smallest absolute Gasteiger partial charge is 0.345 e. The summed E-state index contributed by atoms with van der Waals surface area (Å²) in [6.07, 6.45) is 0.733. The summed E-state index contributed by atoms with van der Waals surface area (Å²) in [4.78, 5) is 23.1. The molecule has 0 atom stereocenters. The summed E-state index contributed by atoms with van der Waals surface area (Å²) in [6, 6.07) is 4.97. The van der Waals surface area contributed by atoms with Gasteiger partial charge < -0.3 is 10.5 Å². The largest absolute Gasteiger partial charge is 0.493 e. The summed E-state index contributed by atoms with van der Waals surface area (Å²) in [5.41, 5.74) is 5.40. The van der Waals surface area contributed by atoms with Gasteiger partial charge in [-0.25, -0.2) is 8.75 Å². The monoisotopic (exact) mass is 315 g/mol. The molecule has 0 saturated carbocycles. The first-order valence-corrected chi connectivity index (χ1v) is 7.12.